The van der Waals surface area contributed by atoms with Crippen LogP contribution in [0.4, 0.5) is 0 Å². The van der Waals surface area contributed by atoms with Gasteiger partial charge in [-0.25, -0.2) is 0 Å². The lowest BCUT2D eigenvalue weighted by Gasteiger charge is -2.34. The van der Waals surface area contributed by atoms with E-state index < -0.39 is 0 Å². The Morgan fingerprint density at radius 1 is 1.44 bits per heavy atom. The highest BCUT2D eigenvalue weighted by Crippen LogP contribution is 2.23. The molecule has 3 heteroatoms. The van der Waals surface area contributed by atoms with Gasteiger partial charge in [0.2, 0.25) is 5.91 Å². The molecule has 0 aromatic carbocycles. The van der Waals surface area contributed by atoms with Gasteiger partial charge in [0, 0.05) is 25.6 Å². The summed E-state index contributed by atoms with van der Waals surface area (Å²) in [6, 6.07) is 0.204. The zero-order chi connectivity index (χ0) is 13.8. The minimum Gasteiger partial charge on any atom is -0.342 e. The number of carbonyl (C=O) groups is 1. The van der Waals surface area contributed by atoms with E-state index in [1.807, 2.05) is 4.90 Å². The molecule has 0 aromatic rings. The molecular weight excluding hydrogens is 224 g/mol. The number of carbonyl (C=O) groups excluding carboxylic acids is 1. The maximum absolute atomic E-state index is 12.1. The van der Waals surface area contributed by atoms with E-state index in [4.69, 9.17) is 5.73 Å². The van der Waals surface area contributed by atoms with Crippen LogP contribution in [0.25, 0.3) is 0 Å². The molecule has 0 aromatic heterocycles. The van der Waals surface area contributed by atoms with Gasteiger partial charge in [0.15, 0.2) is 0 Å². The Balaban J connectivity index is 2.33. The van der Waals surface area contributed by atoms with Gasteiger partial charge in [0.1, 0.15) is 0 Å². The highest BCUT2D eigenvalue weighted by molar-refractivity contribution is 5.76. The van der Waals surface area contributed by atoms with Gasteiger partial charge in [-0.05, 0) is 43.9 Å². The summed E-state index contributed by atoms with van der Waals surface area (Å²) in [5.74, 6) is 0.815. The maximum Gasteiger partial charge on any atom is 0.222 e. The van der Waals surface area contributed by atoms with Crippen molar-refractivity contribution in [3.8, 4) is 0 Å². The summed E-state index contributed by atoms with van der Waals surface area (Å²) < 4.78 is 0. The molecular formula is C15H30N2O. The molecule has 2 N–H and O–H groups in total. The van der Waals surface area contributed by atoms with Crippen LogP contribution in [-0.4, -0.2) is 29.9 Å². The number of rotatable bonds is 4. The van der Waals surface area contributed by atoms with Gasteiger partial charge in [0.25, 0.3) is 0 Å². The van der Waals surface area contributed by atoms with Crippen molar-refractivity contribution < 1.29 is 4.79 Å². The third kappa shape index (κ3) is 5.38. The monoisotopic (exact) mass is 254 g/mol. The molecule has 0 radical (unpaired) electrons. The summed E-state index contributed by atoms with van der Waals surface area (Å²) in [5, 5.41) is 0. The molecule has 0 bridgehead atoms. The molecule has 106 valence electrons. The first-order valence-electron chi connectivity index (χ1n) is 7.33. The standard InChI is InChI=1S/C15H30N2O/c1-12(16)13-7-6-10-17(11-13)14(18)8-5-9-15(2,3)4/h12-13H,5-11,16H2,1-4H3. The van der Waals surface area contributed by atoms with Gasteiger partial charge in [-0.15, -0.1) is 0 Å². The normalized spacial score (nSPS) is 22.9. The van der Waals surface area contributed by atoms with Crippen molar-refractivity contribution in [3.05, 3.63) is 0 Å². The second-order valence-corrected chi connectivity index (χ2v) is 7.02. The minimum atomic E-state index is 0.204. The fourth-order valence-corrected chi connectivity index (χ4v) is 2.59. The molecule has 1 aliphatic rings. The minimum absolute atomic E-state index is 0.204. The lowest BCUT2D eigenvalue weighted by atomic mass is 9.89. The number of piperidine rings is 1. The highest BCUT2D eigenvalue weighted by atomic mass is 16.2. The number of amides is 1. The Labute approximate surface area is 112 Å². The molecule has 3 nitrogen and oxygen atoms in total. The van der Waals surface area contributed by atoms with E-state index in [1.165, 1.54) is 6.42 Å². The van der Waals surface area contributed by atoms with Crippen LogP contribution in [0.5, 0.6) is 0 Å². The molecule has 1 amide bonds. The largest absolute Gasteiger partial charge is 0.342 e. The Kier molecular flexibility index (Phi) is 5.64. The SMILES string of the molecule is CC(N)C1CCCN(C(=O)CCCC(C)(C)C)C1. The number of likely N-dealkylation sites (tertiary alicyclic amines) is 1. The van der Waals surface area contributed by atoms with Crippen molar-refractivity contribution in [1.82, 2.24) is 4.90 Å². The molecule has 0 aliphatic carbocycles. The number of hydrogen-bond acceptors (Lipinski definition) is 2. The number of nitrogens with zero attached hydrogens (tertiary/aromatic N) is 1. The van der Waals surface area contributed by atoms with Crippen LogP contribution in [0.2, 0.25) is 0 Å². The van der Waals surface area contributed by atoms with Crippen molar-refractivity contribution in [2.75, 3.05) is 13.1 Å². The summed E-state index contributed by atoms with van der Waals surface area (Å²) in [7, 11) is 0. The lowest BCUT2D eigenvalue weighted by Crippen LogP contribution is -2.45. The first-order valence-corrected chi connectivity index (χ1v) is 7.33. The van der Waals surface area contributed by atoms with Gasteiger partial charge < -0.3 is 10.6 Å². The van der Waals surface area contributed by atoms with Crippen LogP contribution in [0.1, 0.15) is 59.8 Å². The zero-order valence-corrected chi connectivity index (χ0v) is 12.5. The van der Waals surface area contributed by atoms with Crippen LogP contribution in [0.15, 0.2) is 0 Å². The topological polar surface area (TPSA) is 46.3 Å². The molecule has 1 saturated heterocycles. The van der Waals surface area contributed by atoms with Gasteiger partial charge in [-0.2, -0.15) is 0 Å². The van der Waals surface area contributed by atoms with E-state index in [-0.39, 0.29) is 6.04 Å². The van der Waals surface area contributed by atoms with Crippen molar-refractivity contribution in [2.45, 2.75) is 65.8 Å². The lowest BCUT2D eigenvalue weighted by molar-refractivity contribution is -0.133. The fourth-order valence-electron chi connectivity index (χ4n) is 2.59. The first kappa shape index (κ1) is 15.5. The fraction of sp³-hybridized carbons (Fsp3) is 0.933. The molecule has 1 aliphatic heterocycles. The predicted octanol–water partition coefficient (Wildman–Crippen LogP) is 2.79. The molecule has 1 rings (SSSR count). The van der Waals surface area contributed by atoms with E-state index >= 15 is 0 Å². The summed E-state index contributed by atoms with van der Waals surface area (Å²) in [4.78, 5) is 14.2. The van der Waals surface area contributed by atoms with Crippen molar-refractivity contribution in [2.24, 2.45) is 17.1 Å². The predicted molar refractivity (Wildman–Crippen MR) is 76.3 cm³/mol. The van der Waals surface area contributed by atoms with Crippen LogP contribution in [0.3, 0.4) is 0 Å². The molecule has 18 heavy (non-hydrogen) atoms. The summed E-state index contributed by atoms with van der Waals surface area (Å²) in [6.45, 7) is 10.5. The summed E-state index contributed by atoms with van der Waals surface area (Å²) in [6.07, 6.45) is 5.09. The molecule has 1 heterocycles. The summed E-state index contributed by atoms with van der Waals surface area (Å²) in [5.41, 5.74) is 6.28. The van der Waals surface area contributed by atoms with E-state index in [9.17, 15) is 4.79 Å². The van der Waals surface area contributed by atoms with Crippen LogP contribution in [-0.2, 0) is 4.79 Å². The van der Waals surface area contributed by atoms with Gasteiger partial charge in [-0.3, -0.25) is 4.79 Å². The second-order valence-electron chi connectivity index (χ2n) is 7.02. The number of hydrogen-bond donors (Lipinski definition) is 1. The average Bonchev–Trinajstić information content (AvgIpc) is 2.27. The maximum atomic E-state index is 12.1. The van der Waals surface area contributed by atoms with Crippen molar-refractivity contribution in [1.29, 1.82) is 0 Å². The smallest absolute Gasteiger partial charge is 0.222 e. The Hall–Kier alpha value is -0.570. The van der Waals surface area contributed by atoms with Crippen LogP contribution < -0.4 is 5.73 Å². The van der Waals surface area contributed by atoms with E-state index in [0.29, 0.717) is 23.7 Å². The van der Waals surface area contributed by atoms with Gasteiger partial charge in [0.05, 0.1) is 0 Å². The van der Waals surface area contributed by atoms with Crippen LogP contribution >= 0.6 is 0 Å². The molecule has 1 fully saturated rings. The van der Waals surface area contributed by atoms with E-state index in [2.05, 4.69) is 27.7 Å². The third-order valence-electron chi connectivity index (χ3n) is 3.87. The molecule has 2 unspecified atom stereocenters. The van der Waals surface area contributed by atoms with Crippen molar-refractivity contribution in [3.63, 3.8) is 0 Å². The number of nitrogens with two attached hydrogens (primary N) is 1. The quantitative estimate of drug-likeness (QED) is 0.838. The second kappa shape index (κ2) is 6.55. The molecule has 2 atom stereocenters. The molecule has 0 spiro atoms. The average molecular weight is 254 g/mol. The third-order valence-corrected chi connectivity index (χ3v) is 3.87. The zero-order valence-electron chi connectivity index (χ0n) is 12.5. The van der Waals surface area contributed by atoms with Crippen molar-refractivity contribution >= 4 is 5.91 Å². The van der Waals surface area contributed by atoms with Gasteiger partial charge >= 0.3 is 0 Å². The van der Waals surface area contributed by atoms with Crippen LogP contribution in [0, 0.1) is 11.3 Å². The summed E-state index contributed by atoms with van der Waals surface area (Å²) >= 11 is 0. The first-order chi connectivity index (χ1) is 8.29. The Morgan fingerprint density at radius 3 is 2.67 bits per heavy atom. The highest BCUT2D eigenvalue weighted by Gasteiger charge is 2.25. The Morgan fingerprint density at radius 2 is 2.11 bits per heavy atom. The van der Waals surface area contributed by atoms with E-state index in [1.54, 1.807) is 0 Å². The van der Waals surface area contributed by atoms with E-state index in [0.717, 1.165) is 32.4 Å². The Bertz CT molecular complexity index is 268. The van der Waals surface area contributed by atoms with Gasteiger partial charge in [-0.1, -0.05) is 20.8 Å². The molecule has 0 saturated carbocycles.